The second kappa shape index (κ2) is 15.0. The van der Waals surface area contributed by atoms with Gasteiger partial charge in [0, 0.05) is 38.7 Å². The first-order valence-electron chi connectivity index (χ1n) is 25.2. The van der Waals surface area contributed by atoms with Crippen molar-refractivity contribution in [3.8, 4) is 33.8 Å². The monoisotopic (exact) mass is 929 g/mol. The molecule has 1 aliphatic heterocycles. The number of fused-ring (bicyclic) bond motifs is 19. The van der Waals surface area contributed by atoms with Crippen LogP contribution in [0.3, 0.4) is 0 Å². The molecule has 0 atom stereocenters. The molecule has 16 rings (SSSR count). The summed E-state index contributed by atoms with van der Waals surface area (Å²) in [7, 11) is 0. The SMILES string of the molecule is c1ccc(C2(c3ccccc3)c3ccccc3-c3cc(N(c4ccc5c(c4)C4(c6ccccc6-5)c5ccc6ccccc6c5Oc5c4ccc4ccccc54)c4cccc5oc6ccccc6c45)ccc32)cc1. The molecule has 13 aromatic rings. The molecule has 0 unspecified atom stereocenters. The van der Waals surface area contributed by atoms with Gasteiger partial charge in [-0.2, -0.15) is 0 Å². The lowest BCUT2D eigenvalue weighted by Gasteiger charge is -2.40. The fraction of sp³-hybridized carbons (Fsp3) is 0.0286. The van der Waals surface area contributed by atoms with E-state index in [2.05, 4.69) is 266 Å². The molecule has 0 bridgehead atoms. The van der Waals surface area contributed by atoms with E-state index in [-0.39, 0.29) is 0 Å². The van der Waals surface area contributed by atoms with Crippen molar-refractivity contribution in [1.29, 1.82) is 0 Å². The van der Waals surface area contributed by atoms with Gasteiger partial charge in [-0.15, -0.1) is 0 Å². The maximum Gasteiger partial charge on any atom is 0.140 e. The van der Waals surface area contributed by atoms with Crippen LogP contribution >= 0.6 is 0 Å². The van der Waals surface area contributed by atoms with E-state index in [4.69, 9.17) is 9.15 Å². The Bertz CT molecular complexity index is 4310. The van der Waals surface area contributed by atoms with E-state index in [1.165, 1.54) is 55.6 Å². The molecule has 3 aliphatic rings. The lowest BCUT2D eigenvalue weighted by atomic mass is 9.65. The highest BCUT2D eigenvalue weighted by molar-refractivity contribution is 6.14. The zero-order valence-electron chi connectivity index (χ0n) is 39.6. The van der Waals surface area contributed by atoms with Gasteiger partial charge in [-0.3, -0.25) is 0 Å². The summed E-state index contributed by atoms with van der Waals surface area (Å²) < 4.78 is 14.0. The van der Waals surface area contributed by atoms with Crippen LogP contribution in [-0.2, 0) is 10.8 Å². The first-order chi connectivity index (χ1) is 36.2. The molecule has 0 N–H and O–H groups in total. The third kappa shape index (κ3) is 5.33. The number of furan rings is 1. The third-order valence-corrected chi connectivity index (χ3v) is 16.4. The molecule has 73 heavy (non-hydrogen) atoms. The highest BCUT2D eigenvalue weighted by Crippen LogP contribution is 2.65. The molecule has 1 aromatic heterocycles. The smallest absolute Gasteiger partial charge is 0.140 e. The molecule has 3 heteroatoms. The molecular formula is C70H43NO2. The summed E-state index contributed by atoms with van der Waals surface area (Å²) in [5.41, 5.74) is 18.3. The van der Waals surface area contributed by atoms with Gasteiger partial charge in [-0.05, 0) is 109 Å². The van der Waals surface area contributed by atoms with Gasteiger partial charge in [0.25, 0.3) is 0 Å². The lowest BCUT2D eigenvalue weighted by molar-refractivity contribution is 0.447. The van der Waals surface area contributed by atoms with Crippen LogP contribution in [0, 0.1) is 0 Å². The quantitative estimate of drug-likeness (QED) is 0.172. The minimum Gasteiger partial charge on any atom is -0.456 e. The van der Waals surface area contributed by atoms with Crippen LogP contribution in [0.5, 0.6) is 11.5 Å². The van der Waals surface area contributed by atoms with Crippen LogP contribution in [0.25, 0.3) is 65.7 Å². The number of anilines is 3. The Morgan fingerprint density at radius 2 is 0.795 bits per heavy atom. The van der Waals surface area contributed by atoms with Gasteiger partial charge in [0.2, 0.25) is 0 Å². The molecule has 12 aromatic carbocycles. The molecule has 2 heterocycles. The van der Waals surface area contributed by atoms with Gasteiger partial charge >= 0.3 is 0 Å². The van der Waals surface area contributed by atoms with E-state index in [0.29, 0.717) is 0 Å². The van der Waals surface area contributed by atoms with Crippen molar-refractivity contribution in [3.05, 3.63) is 305 Å². The summed E-state index contributed by atoms with van der Waals surface area (Å²) in [6.07, 6.45) is 0. The van der Waals surface area contributed by atoms with E-state index in [9.17, 15) is 0 Å². The molecule has 0 saturated heterocycles. The third-order valence-electron chi connectivity index (χ3n) is 16.4. The predicted octanol–water partition coefficient (Wildman–Crippen LogP) is 18.2. The van der Waals surface area contributed by atoms with Gasteiger partial charge in [0.15, 0.2) is 0 Å². The molecule has 340 valence electrons. The van der Waals surface area contributed by atoms with Crippen molar-refractivity contribution in [1.82, 2.24) is 0 Å². The summed E-state index contributed by atoms with van der Waals surface area (Å²) in [5, 5.41) is 6.64. The van der Waals surface area contributed by atoms with E-state index in [1.54, 1.807) is 0 Å². The van der Waals surface area contributed by atoms with Crippen LogP contribution in [0.2, 0.25) is 0 Å². The highest BCUT2D eigenvalue weighted by atomic mass is 16.5. The molecule has 0 radical (unpaired) electrons. The van der Waals surface area contributed by atoms with Crippen molar-refractivity contribution in [2.75, 3.05) is 4.90 Å². The summed E-state index contributed by atoms with van der Waals surface area (Å²) in [5.74, 6) is 1.80. The maximum atomic E-state index is 7.35. The minimum atomic E-state index is -0.721. The average molecular weight is 930 g/mol. The summed E-state index contributed by atoms with van der Waals surface area (Å²) in [6.45, 7) is 0. The number of ether oxygens (including phenoxy) is 1. The number of nitrogens with zero attached hydrogens (tertiary/aromatic N) is 1. The second-order valence-electron chi connectivity index (χ2n) is 19.8. The van der Waals surface area contributed by atoms with Gasteiger partial charge in [-0.25, -0.2) is 0 Å². The Morgan fingerprint density at radius 3 is 1.48 bits per heavy atom. The first kappa shape index (κ1) is 40.3. The van der Waals surface area contributed by atoms with E-state index in [0.717, 1.165) is 83.2 Å². The topological polar surface area (TPSA) is 25.6 Å². The zero-order chi connectivity index (χ0) is 47.8. The Hall–Kier alpha value is -9.44. The van der Waals surface area contributed by atoms with Crippen LogP contribution in [0.1, 0.15) is 44.5 Å². The molecular weight excluding hydrogens is 887 g/mol. The second-order valence-corrected chi connectivity index (χ2v) is 19.8. The molecule has 1 spiro atoms. The summed E-state index contributed by atoms with van der Waals surface area (Å²) >= 11 is 0. The van der Waals surface area contributed by atoms with Gasteiger partial charge < -0.3 is 14.1 Å². The fourth-order valence-electron chi connectivity index (χ4n) is 13.5. The number of para-hydroxylation sites is 1. The number of benzene rings is 12. The normalized spacial score (nSPS) is 14.1. The highest BCUT2D eigenvalue weighted by Gasteiger charge is 2.52. The Labute approximate surface area is 422 Å². The largest absolute Gasteiger partial charge is 0.456 e. The molecule has 2 aliphatic carbocycles. The molecule has 0 amide bonds. The van der Waals surface area contributed by atoms with Crippen molar-refractivity contribution in [3.63, 3.8) is 0 Å². The van der Waals surface area contributed by atoms with Crippen molar-refractivity contribution in [2.45, 2.75) is 10.8 Å². The van der Waals surface area contributed by atoms with Crippen LogP contribution in [0.4, 0.5) is 17.1 Å². The van der Waals surface area contributed by atoms with E-state index >= 15 is 0 Å². The van der Waals surface area contributed by atoms with E-state index in [1.807, 2.05) is 0 Å². The average Bonchev–Trinajstić information content (AvgIpc) is 4.10. The molecule has 3 nitrogen and oxygen atoms in total. The Kier molecular flexibility index (Phi) is 8.30. The summed E-state index contributed by atoms with van der Waals surface area (Å²) in [4.78, 5) is 2.48. The lowest BCUT2D eigenvalue weighted by Crippen LogP contribution is -2.32. The minimum absolute atomic E-state index is 0.525. The zero-order valence-corrected chi connectivity index (χ0v) is 39.6. The van der Waals surface area contributed by atoms with Gasteiger partial charge in [-0.1, -0.05) is 218 Å². The van der Waals surface area contributed by atoms with Crippen LogP contribution < -0.4 is 9.64 Å². The first-order valence-corrected chi connectivity index (χ1v) is 25.2. The Balaban J connectivity index is 1.01. The van der Waals surface area contributed by atoms with Crippen molar-refractivity contribution >= 4 is 60.5 Å². The standard InChI is InChI=1S/C70H43NO2/c1-3-20-46(21-4-1)69(47-22-5-2-6-23-47)57-29-14-12-27-53(57)56-42-48(37-41-59(56)69)71(63-31-17-33-65-66(63)55-28-13-16-32-64(55)72-65)49-36-38-54-52-26-11-15-30-58(52)70(62(54)43-49)60-39-34-44-18-7-9-24-50(44)67(60)73-68-51-25-10-8-19-45(51)35-40-61(68)70/h1-43H. The van der Waals surface area contributed by atoms with Crippen molar-refractivity contribution in [2.24, 2.45) is 0 Å². The van der Waals surface area contributed by atoms with Crippen LogP contribution in [0.15, 0.2) is 265 Å². The van der Waals surface area contributed by atoms with Crippen molar-refractivity contribution < 1.29 is 9.15 Å². The molecule has 0 saturated carbocycles. The molecule has 0 fully saturated rings. The van der Waals surface area contributed by atoms with Crippen LogP contribution in [-0.4, -0.2) is 0 Å². The predicted molar refractivity (Wildman–Crippen MR) is 298 cm³/mol. The fourth-order valence-corrected chi connectivity index (χ4v) is 13.5. The maximum absolute atomic E-state index is 7.35. The number of rotatable bonds is 5. The summed E-state index contributed by atoms with van der Waals surface area (Å²) in [6, 6.07) is 96.0. The number of hydrogen-bond donors (Lipinski definition) is 0. The van der Waals surface area contributed by atoms with Gasteiger partial charge in [0.05, 0.1) is 21.9 Å². The Morgan fingerprint density at radius 1 is 0.301 bits per heavy atom. The number of hydrogen-bond acceptors (Lipinski definition) is 3. The van der Waals surface area contributed by atoms with Gasteiger partial charge in [0.1, 0.15) is 22.7 Å². The van der Waals surface area contributed by atoms with E-state index < -0.39 is 10.8 Å².